The maximum atomic E-state index is 11.8. The van der Waals surface area contributed by atoms with E-state index in [1.807, 2.05) is 13.0 Å². The van der Waals surface area contributed by atoms with Gasteiger partial charge in [0.05, 0.1) is 0 Å². The summed E-state index contributed by atoms with van der Waals surface area (Å²) in [7, 11) is 0. The summed E-state index contributed by atoms with van der Waals surface area (Å²) >= 11 is 0. The molecule has 0 saturated heterocycles. The lowest BCUT2D eigenvalue weighted by molar-refractivity contribution is -0.159. The van der Waals surface area contributed by atoms with Crippen LogP contribution in [-0.2, 0) is 22.4 Å². The number of esters is 1. The molecule has 1 aliphatic rings. The van der Waals surface area contributed by atoms with Gasteiger partial charge in [0.25, 0.3) is 0 Å². The summed E-state index contributed by atoms with van der Waals surface area (Å²) in [6, 6.07) is 8.38. The molecule has 0 fully saturated rings. The van der Waals surface area contributed by atoms with Crippen molar-refractivity contribution in [3.05, 3.63) is 47.5 Å². The molecule has 0 spiro atoms. The molecular formula is C16H20O2. The average Bonchev–Trinajstić information content (AvgIpc) is 2.30. The van der Waals surface area contributed by atoms with Gasteiger partial charge in [0.15, 0.2) is 0 Å². The number of carbonyl (C=O) groups excluding carboxylic acids is 1. The molecule has 0 N–H and O–H groups in total. The van der Waals surface area contributed by atoms with Gasteiger partial charge in [-0.05, 0) is 31.4 Å². The van der Waals surface area contributed by atoms with E-state index < -0.39 is 5.60 Å². The Morgan fingerprint density at radius 3 is 2.61 bits per heavy atom. The molecule has 18 heavy (non-hydrogen) atoms. The molecule has 0 saturated carbocycles. The topological polar surface area (TPSA) is 26.3 Å². The summed E-state index contributed by atoms with van der Waals surface area (Å²) in [6.07, 6.45) is 1.74. The predicted octanol–water partition coefficient (Wildman–Crippen LogP) is 3.30. The van der Waals surface area contributed by atoms with Gasteiger partial charge in [-0.25, -0.2) is 4.79 Å². The van der Waals surface area contributed by atoms with Gasteiger partial charge in [-0.3, -0.25) is 0 Å². The van der Waals surface area contributed by atoms with Crippen LogP contribution in [0.4, 0.5) is 0 Å². The van der Waals surface area contributed by atoms with Crippen molar-refractivity contribution in [3.63, 3.8) is 0 Å². The first-order valence-corrected chi connectivity index (χ1v) is 6.38. The maximum Gasteiger partial charge on any atom is 0.333 e. The largest absolute Gasteiger partial charge is 0.455 e. The quantitative estimate of drug-likeness (QED) is 0.589. The van der Waals surface area contributed by atoms with Crippen LogP contribution in [0.15, 0.2) is 36.4 Å². The van der Waals surface area contributed by atoms with Crippen LogP contribution in [0.3, 0.4) is 0 Å². The van der Waals surface area contributed by atoms with Crippen molar-refractivity contribution in [2.75, 3.05) is 0 Å². The van der Waals surface area contributed by atoms with E-state index in [0.29, 0.717) is 11.5 Å². The van der Waals surface area contributed by atoms with Crippen molar-refractivity contribution in [1.29, 1.82) is 0 Å². The van der Waals surface area contributed by atoms with E-state index in [9.17, 15) is 4.79 Å². The first-order chi connectivity index (χ1) is 8.42. The molecule has 2 rings (SSSR count). The second-order valence-electron chi connectivity index (χ2n) is 5.53. The zero-order chi connectivity index (χ0) is 13.3. The van der Waals surface area contributed by atoms with Gasteiger partial charge in [0, 0.05) is 17.9 Å². The van der Waals surface area contributed by atoms with Crippen molar-refractivity contribution in [2.45, 2.75) is 39.2 Å². The molecule has 1 aromatic carbocycles. The fourth-order valence-electron chi connectivity index (χ4n) is 2.46. The summed E-state index contributed by atoms with van der Waals surface area (Å²) < 4.78 is 5.67. The summed E-state index contributed by atoms with van der Waals surface area (Å²) in [5.41, 5.74) is 2.69. The zero-order valence-electron chi connectivity index (χ0n) is 11.3. The van der Waals surface area contributed by atoms with Crippen molar-refractivity contribution in [1.82, 2.24) is 0 Å². The third kappa shape index (κ3) is 2.33. The Kier molecular flexibility index (Phi) is 3.29. The molecule has 2 nitrogen and oxygen atoms in total. The molecular weight excluding hydrogens is 224 g/mol. The standard InChI is InChI=1S/C16H20O2/c1-11(2)15(17)18-16(4)10-14-8-6-5-7-13(14)9-12(16)3/h5-8,12H,1,9-10H2,2-4H3. The molecule has 2 heteroatoms. The van der Waals surface area contributed by atoms with Gasteiger partial charge in [0.2, 0.25) is 0 Å². The molecule has 0 aromatic heterocycles. The lowest BCUT2D eigenvalue weighted by atomic mass is 9.74. The Morgan fingerprint density at radius 2 is 2.00 bits per heavy atom. The second kappa shape index (κ2) is 4.60. The third-order valence-electron chi connectivity index (χ3n) is 3.90. The van der Waals surface area contributed by atoms with Gasteiger partial charge < -0.3 is 4.74 Å². The first kappa shape index (κ1) is 12.9. The van der Waals surface area contributed by atoms with E-state index >= 15 is 0 Å². The normalized spacial score (nSPS) is 26.3. The van der Waals surface area contributed by atoms with Crippen LogP contribution in [0.25, 0.3) is 0 Å². The number of benzene rings is 1. The minimum Gasteiger partial charge on any atom is -0.455 e. The molecule has 0 heterocycles. The minimum absolute atomic E-state index is 0.288. The second-order valence-corrected chi connectivity index (χ2v) is 5.53. The number of fused-ring (bicyclic) bond motifs is 1. The molecule has 96 valence electrons. The Balaban J connectivity index is 2.25. The highest BCUT2D eigenvalue weighted by atomic mass is 16.6. The number of rotatable bonds is 2. The molecule has 0 radical (unpaired) electrons. The SMILES string of the molecule is C=C(C)C(=O)OC1(C)Cc2ccccc2CC1C. The molecule has 1 aliphatic carbocycles. The molecule has 2 atom stereocenters. The highest BCUT2D eigenvalue weighted by Gasteiger charge is 2.39. The van der Waals surface area contributed by atoms with Crippen LogP contribution in [0.5, 0.6) is 0 Å². The van der Waals surface area contributed by atoms with Crippen LogP contribution < -0.4 is 0 Å². The van der Waals surface area contributed by atoms with Crippen LogP contribution in [0.1, 0.15) is 31.9 Å². The smallest absolute Gasteiger partial charge is 0.333 e. The Morgan fingerprint density at radius 1 is 1.39 bits per heavy atom. The average molecular weight is 244 g/mol. The first-order valence-electron chi connectivity index (χ1n) is 6.38. The highest BCUT2D eigenvalue weighted by Crippen LogP contribution is 2.36. The van der Waals surface area contributed by atoms with Gasteiger partial charge in [-0.2, -0.15) is 0 Å². The van der Waals surface area contributed by atoms with Crippen molar-refractivity contribution >= 4 is 5.97 Å². The van der Waals surface area contributed by atoms with E-state index in [1.165, 1.54) is 11.1 Å². The minimum atomic E-state index is -0.426. The number of ether oxygens (including phenoxy) is 1. The molecule has 2 unspecified atom stereocenters. The zero-order valence-corrected chi connectivity index (χ0v) is 11.3. The van der Waals surface area contributed by atoms with Crippen LogP contribution in [0.2, 0.25) is 0 Å². The predicted molar refractivity (Wildman–Crippen MR) is 72.3 cm³/mol. The van der Waals surface area contributed by atoms with Crippen molar-refractivity contribution in [2.24, 2.45) is 5.92 Å². The third-order valence-corrected chi connectivity index (χ3v) is 3.90. The summed E-state index contributed by atoms with van der Waals surface area (Å²) in [5, 5.41) is 0. The fourth-order valence-corrected chi connectivity index (χ4v) is 2.46. The van der Waals surface area contributed by atoms with Gasteiger partial charge in [-0.1, -0.05) is 37.8 Å². The molecule has 0 amide bonds. The van der Waals surface area contributed by atoms with E-state index in [1.54, 1.807) is 6.92 Å². The van der Waals surface area contributed by atoms with E-state index in [-0.39, 0.29) is 5.97 Å². The van der Waals surface area contributed by atoms with Gasteiger partial charge in [0.1, 0.15) is 5.60 Å². The van der Waals surface area contributed by atoms with Crippen LogP contribution in [-0.4, -0.2) is 11.6 Å². The highest BCUT2D eigenvalue weighted by molar-refractivity contribution is 5.87. The maximum absolute atomic E-state index is 11.8. The Labute approximate surface area is 109 Å². The summed E-state index contributed by atoms with van der Waals surface area (Å²) in [5.74, 6) is 0.0273. The van der Waals surface area contributed by atoms with Crippen molar-refractivity contribution < 1.29 is 9.53 Å². The van der Waals surface area contributed by atoms with Crippen molar-refractivity contribution in [3.8, 4) is 0 Å². The monoisotopic (exact) mass is 244 g/mol. The lowest BCUT2D eigenvalue weighted by Gasteiger charge is -2.40. The molecule has 0 bridgehead atoms. The lowest BCUT2D eigenvalue weighted by Crippen LogP contribution is -2.44. The van der Waals surface area contributed by atoms with E-state index in [4.69, 9.17) is 4.74 Å². The van der Waals surface area contributed by atoms with Crippen LogP contribution in [0, 0.1) is 5.92 Å². The molecule has 1 aromatic rings. The number of hydrogen-bond acceptors (Lipinski definition) is 2. The van der Waals surface area contributed by atoms with E-state index in [2.05, 4.69) is 31.7 Å². The van der Waals surface area contributed by atoms with E-state index in [0.717, 1.165) is 12.8 Å². The fraction of sp³-hybridized carbons (Fsp3) is 0.438. The Bertz CT molecular complexity index is 490. The van der Waals surface area contributed by atoms with Gasteiger partial charge in [-0.15, -0.1) is 0 Å². The van der Waals surface area contributed by atoms with Crippen LogP contribution >= 0.6 is 0 Å². The summed E-state index contributed by atoms with van der Waals surface area (Å²) in [4.78, 5) is 11.8. The number of hydrogen-bond donors (Lipinski definition) is 0. The molecule has 0 aliphatic heterocycles. The summed E-state index contributed by atoms with van der Waals surface area (Å²) in [6.45, 7) is 9.50. The number of carbonyl (C=O) groups is 1. The van der Waals surface area contributed by atoms with Gasteiger partial charge >= 0.3 is 5.97 Å². The Hall–Kier alpha value is -1.57.